The lowest BCUT2D eigenvalue weighted by molar-refractivity contribution is 0.415. The minimum atomic E-state index is 0.411. The van der Waals surface area contributed by atoms with Gasteiger partial charge in [0.1, 0.15) is 5.75 Å². The van der Waals surface area contributed by atoms with Crippen LogP contribution in [0.1, 0.15) is 11.5 Å². The van der Waals surface area contributed by atoms with Crippen molar-refractivity contribution in [1.82, 2.24) is 20.1 Å². The van der Waals surface area contributed by atoms with Crippen LogP contribution in [-0.4, -0.2) is 27.2 Å². The van der Waals surface area contributed by atoms with Crippen LogP contribution in [0, 0.1) is 13.8 Å². The summed E-state index contributed by atoms with van der Waals surface area (Å²) in [5.74, 6) is 1.77. The van der Waals surface area contributed by atoms with E-state index in [4.69, 9.17) is 9.26 Å². The lowest BCUT2D eigenvalue weighted by Crippen LogP contribution is -1.98. The van der Waals surface area contributed by atoms with E-state index in [0.717, 1.165) is 33.8 Å². The number of aromatic nitrogens is 4. The zero-order chi connectivity index (χ0) is 18.1. The summed E-state index contributed by atoms with van der Waals surface area (Å²) in [4.78, 5) is 13.3. The molecule has 3 heterocycles. The maximum Gasteiger partial charge on any atom is 0.261 e. The van der Waals surface area contributed by atoms with Crippen molar-refractivity contribution in [2.24, 2.45) is 0 Å². The Morgan fingerprint density at radius 2 is 1.81 bits per heavy atom. The molecule has 130 valence electrons. The molecule has 4 aromatic rings. The van der Waals surface area contributed by atoms with Gasteiger partial charge in [0.05, 0.1) is 18.4 Å². The van der Waals surface area contributed by atoms with Crippen LogP contribution in [0.5, 0.6) is 5.75 Å². The van der Waals surface area contributed by atoms with Gasteiger partial charge in [-0.25, -0.2) is 9.97 Å². The number of rotatable bonds is 4. The molecule has 0 saturated heterocycles. The Kier molecular flexibility index (Phi) is 3.96. The summed E-state index contributed by atoms with van der Waals surface area (Å²) in [6, 6.07) is 11.6. The van der Waals surface area contributed by atoms with E-state index >= 15 is 0 Å². The fourth-order valence-corrected chi connectivity index (χ4v) is 2.69. The molecule has 7 heteroatoms. The number of hydrogen-bond donors (Lipinski definition) is 1. The Hall–Kier alpha value is -3.48. The summed E-state index contributed by atoms with van der Waals surface area (Å²) in [6.07, 6.45) is 1.70. The molecule has 3 aromatic heterocycles. The average Bonchev–Trinajstić information content (AvgIpc) is 3.08. The number of nitrogens with one attached hydrogen (secondary N) is 1. The second-order valence-corrected chi connectivity index (χ2v) is 5.87. The summed E-state index contributed by atoms with van der Waals surface area (Å²) in [7, 11) is 1.64. The van der Waals surface area contributed by atoms with E-state index < -0.39 is 0 Å². The van der Waals surface area contributed by atoms with Crippen molar-refractivity contribution in [2.75, 3.05) is 12.4 Å². The molecule has 0 atom stereocenters. The zero-order valence-corrected chi connectivity index (χ0v) is 14.6. The molecule has 0 radical (unpaired) electrons. The Balaban J connectivity index is 1.87. The number of aryl methyl sites for hydroxylation is 2. The SMILES string of the molecule is COc1ccc(Nc2c(-c3nc(C)no3)cnc3nc(C)ccc23)cc1. The van der Waals surface area contributed by atoms with Gasteiger partial charge < -0.3 is 14.6 Å². The third kappa shape index (κ3) is 2.95. The number of anilines is 2. The van der Waals surface area contributed by atoms with Gasteiger partial charge in [0, 0.05) is 23.0 Å². The molecule has 4 rings (SSSR count). The third-order valence-corrected chi connectivity index (χ3v) is 3.99. The first-order valence-electron chi connectivity index (χ1n) is 8.12. The first-order chi connectivity index (χ1) is 12.6. The van der Waals surface area contributed by atoms with Crippen molar-refractivity contribution in [3.8, 4) is 17.2 Å². The highest BCUT2D eigenvalue weighted by Gasteiger charge is 2.17. The molecule has 1 N–H and O–H groups in total. The molecule has 0 bridgehead atoms. The molecule has 0 amide bonds. The Morgan fingerprint density at radius 3 is 2.50 bits per heavy atom. The number of nitrogens with zero attached hydrogens (tertiary/aromatic N) is 4. The summed E-state index contributed by atoms with van der Waals surface area (Å²) in [5, 5.41) is 8.19. The standard InChI is InChI=1S/C19H17N5O2/c1-11-4-9-15-17(23-13-5-7-14(25-3)8-6-13)16(10-20-18(15)21-11)19-22-12(2)24-26-19/h4-10H,1-3H3,(H,20,21,23). The summed E-state index contributed by atoms with van der Waals surface area (Å²) >= 11 is 0. The minimum Gasteiger partial charge on any atom is -0.497 e. The maximum atomic E-state index is 5.36. The monoisotopic (exact) mass is 347 g/mol. The minimum absolute atomic E-state index is 0.411. The average molecular weight is 347 g/mol. The third-order valence-electron chi connectivity index (χ3n) is 3.99. The second-order valence-electron chi connectivity index (χ2n) is 5.87. The van der Waals surface area contributed by atoms with Crippen LogP contribution in [0.25, 0.3) is 22.5 Å². The van der Waals surface area contributed by atoms with Gasteiger partial charge in [-0.3, -0.25) is 0 Å². The number of fused-ring (bicyclic) bond motifs is 1. The molecule has 1 aromatic carbocycles. The molecular weight excluding hydrogens is 330 g/mol. The highest BCUT2D eigenvalue weighted by atomic mass is 16.5. The normalized spacial score (nSPS) is 10.9. The van der Waals surface area contributed by atoms with E-state index in [1.165, 1.54) is 0 Å². The van der Waals surface area contributed by atoms with Gasteiger partial charge in [-0.15, -0.1) is 0 Å². The van der Waals surface area contributed by atoms with Crippen molar-refractivity contribution in [2.45, 2.75) is 13.8 Å². The van der Waals surface area contributed by atoms with Crippen molar-refractivity contribution in [3.63, 3.8) is 0 Å². The molecule has 0 aliphatic carbocycles. The molecule has 0 aliphatic rings. The highest BCUT2D eigenvalue weighted by Crippen LogP contribution is 2.34. The molecule has 7 nitrogen and oxygen atoms in total. The molecule has 26 heavy (non-hydrogen) atoms. The molecule has 0 fully saturated rings. The fraction of sp³-hybridized carbons (Fsp3) is 0.158. The second kappa shape index (κ2) is 6.44. The van der Waals surface area contributed by atoms with Gasteiger partial charge in [0.15, 0.2) is 11.5 Å². The van der Waals surface area contributed by atoms with E-state index in [1.54, 1.807) is 20.2 Å². The molecule has 0 unspecified atom stereocenters. The van der Waals surface area contributed by atoms with E-state index in [2.05, 4.69) is 25.4 Å². The molecule has 0 aliphatic heterocycles. The predicted octanol–water partition coefficient (Wildman–Crippen LogP) is 4.05. The van der Waals surface area contributed by atoms with Gasteiger partial charge in [0.2, 0.25) is 0 Å². The van der Waals surface area contributed by atoms with Gasteiger partial charge in [-0.2, -0.15) is 4.98 Å². The number of benzene rings is 1. The van der Waals surface area contributed by atoms with Crippen LogP contribution in [0.4, 0.5) is 11.4 Å². The molecular formula is C19H17N5O2. The van der Waals surface area contributed by atoms with E-state index in [0.29, 0.717) is 17.4 Å². The van der Waals surface area contributed by atoms with E-state index in [9.17, 15) is 0 Å². The number of methoxy groups -OCH3 is 1. The van der Waals surface area contributed by atoms with Gasteiger partial charge in [-0.05, 0) is 50.2 Å². The van der Waals surface area contributed by atoms with Gasteiger partial charge in [-0.1, -0.05) is 5.16 Å². The van der Waals surface area contributed by atoms with Crippen LogP contribution in [-0.2, 0) is 0 Å². The quantitative estimate of drug-likeness (QED) is 0.596. The van der Waals surface area contributed by atoms with Gasteiger partial charge in [0.25, 0.3) is 5.89 Å². The maximum absolute atomic E-state index is 5.36. The lowest BCUT2D eigenvalue weighted by atomic mass is 10.1. The topological polar surface area (TPSA) is 86.0 Å². The summed E-state index contributed by atoms with van der Waals surface area (Å²) in [5.41, 5.74) is 4.00. The van der Waals surface area contributed by atoms with Crippen LogP contribution < -0.4 is 10.1 Å². The Morgan fingerprint density at radius 1 is 1.00 bits per heavy atom. The zero-order valence-electron chi connectivity index (χ0n) is 14.6. The van der Waals surface area contributed by atoms with E-state index in [1.807, 2.05) is 43.3 Å². The Labute approximate surface area is 150 Å². The smallest absolute Gasteiger partial charge is 0.261 e. The van der Waals surface area contributed by atoms with Crippen molar-refractivity contribution in [3.05, 3.63) is 54.1 Å². The number of ether oxygens (including phenoxy) is 1. The Bertz CT molecular complexity index is 1070. The van der Waals surface area contributed by atoms with Crippen molar-refractivity contribution >= 4 is 22.4 Å². The van der Waals surface area contributed by atoms with Crippen LogP contribution in [0.15, 0.2) is 47.1 Å². The first-order valence-corrected chi connectivity index (χ1v) is 8.12. The molecule has 0 spiro atoms. The van der Waals surface area contributed by atoms with E-state index in [-0.39, 0.29) is 0 Å². The van der Waals surface area contributed by atoms with Crippen LogP contribution in [0.3, 0.4) is 0 Å². The summed E-state index contributed by atoms with van der Waals surface area (Å²) < 4.78 is 10.6. The summed E-state index contributed by atoms with van der Waals surface area (Å²) in [6.45, 7) is 3.72. The number of hydrogen-bond acceptors (Lipinski definition) is 7. The fourth-order valence-electron chi connectivity index (χ4n) is 2.69. The predicted molar refractivity (Wildman–Crippen MR) is 98.6 cm³/mol. The van der Waals surface area contributed by atoms with Crippen LogP contribution in [0.2, 0.25) is 0 Å². The number of pyridine rings is 2. The largest absolute Gasteiger partial charge is 0.497 e. The lowest BCUT2D eigenvalue weighted by Gasteiger charge is -2.13. The van der Waals surface area contributed by atoms with Gasteiger partial charge >= 0.3 is 0 Å². The van der Waals surface area contributed by atoms with Crippen molar-refractivity contribution < 1.29 is 9.26 Å². The molecule has 0 saturated carbocycles. The first kappa shape index (κ1) is 16.0. The van der Waals surface area contributed by atoms with Crippen molar-refractivity contribution in [1.29, 1.82) is 0 Å². The highest BCUT2D eigenvalue weighted by molar-refractivity contribution is 5.98. The van der Waals surface area contributed by atoms with Crippen LogP contribution >= 0.6 is 0 Å².